The van der Waals surface area contributed by atoms with Crippen molar-refractivity contribution in [2.45, 2.75) is 20.3 Å². The van der Waals surface area contributed by atoms with Gasteiger partial charge < -0.3 is 10.6 Å². The Morgan fingerprint density at radius 3 is 2.55 bits per heavy atom. The maximum atomic E-state index is 11.9. The summed E-state index contributed by atoms with van der Waals surface area (Å²) >= 11 is 0. The Balaban J connectivity index is 2.18. The molecular weight excluding hydrogens is 256 g/mol. The fraction of sp³-hybridized carbons (Fsp3) is 0.214. The second-order valence-corrected chi connectivity index (χ2v) is 4.28. The van der Waals surface area contributed by atoms with Gasteiger partial charge in [0, 0.05) is 30.2 Å². The second kappa shape index (κ2) is 6.01. The molecule has 104 valence electrons. The molecule has 1 aromatic carbocycles. The SMILES string of the molecule is CCC(=O)Nc1cccc(NC(=O)n2ccnc2)c1C. The van der Waals surface area contributed by atoms with Crippen molar-refractivity contribution in [2.24, 2.45) is 0 Å². The molecule has 0 saturated heterocycles. The number of nitrogens with zero attached hydrogens (tertiary/aromatic N) is 2. The normalized spacial score (nSPS) is 10.1. The van der Waals surface area contributed by atoms with Gasteiger partial charge >= 0.3 is 6.03 Å². The zero-order valence-electron chi connectivity index (χ0n) is 11.4. The molecule has 0 aliphatic rings. The molecule has 2 N–H and O–H groups in total. The van der Waals surface area contributed by atoms with Gasteiger partial charge in [0.25, 0.3) is 0 Å². The highest BCUT2D eigenvalue weighted by Gasteiger charge is 2.10. The van der Waals surface area contributed by atoms with E-state index in [2.05, 4.69) is 15.6 Å². The van der Waals surface area contributed by atoms with Gasteiger partial charge in [0.15, 0.2) is 0 Å². The molecule has 6 heteroatoms. The lowest BCUT2D eigenvalue weighted by Gasteiger charge is -2.13. The molecule has 0 aliphatic carbocycles. The minimum Gasteiger partial charge on any atom is -0.326 e. The van der Waals surface area contributed by atoms with Crippen LogP contribution in [0.4, 0.5) is 16.2 Å². The zero-order valence-corrected chi connectivity index (χ0v) is 11.4. The van der Waals surface area contributed by atoms with Gasteiger partial charge in [-0.15, -0.1) is 0 Å². The van der Waals surface area contributed by atoms with E-state index >= 15 is 0 Å². The largest absolute Gasteiger partial charge is 0.331 e. The minimum absolute atomic E-state index is 0.0637. The summed E-state index contributed by atoms with van der Waals surface area (Å²) in [5.74, 6) is -0.0637. The Bertz CT molecular complexity index is 620. The smallest absolute Gasteiger partial charge is 0.326 e. The number of hydrogen-bond acceptors (Lipinski definition) is 3. The van der Waals surface area contributed by atoms with Gasteiger partial charge in [-0.1, -0.05) is 13.0 Å². The maximum Gasteiger partial charge on any atom is 0.331 e. The summed E-state index contributed by atoms with van der Waals surface area (Å²) in [7, 11) is 0. The Hall–Kier alpha value is -2.63. The molecule has 0 spiro atoms. The van der Waals surface area contributed by atoms with E-state index in [0.29, 0.717) is 17.8 Å². The van der Waals surface area contributed by atoms with Gasteiger partial charge in [-0.25, -0.2) is 9.78 Å². The maximum absolute atomic E-state index is 11.9. The number of anilines is 2. The predicted octanol–water partition coefficient (Wildman–Crippen LogP) is 2.62. The summed E-state index contributed by atoms with van der Waals surface area (Å²) in [6, 6.07) is 5.06. The van der Waals surface area contributed by atoms with Crippen molar-refractivity contribution < 1.29 is 9.59 Å². The number of hydrogen-bond donors (Lipinski definition) is 2. The van der Waals surface area contributed by atoms with Crippen LogP contribution in [0.25, 0.3) is 0 Å². The molecule has 20 heavy (non-hydrogen) atoms. The molecule has 0 radical (unpaired) electrons. The summed E-state index contributed by atoms with van der Waals surface area (Å²) in [5.41, 5.74) is 2.15. The molecule has 2 aromatic rings. The summed E-state index contributed by atoms with van der Waals surface area (Å²) in [6.07, 6.45) is 4.93. The van der Waals surface area contributed by atoms with Crippen LogP contribution in [0.2, 0.25) is 0 Å². The van der Waals surface area contributed by atoms with E-state index in [9.17, 15) is 9.59 Å². The predicted molar refractivity (Wildman–Crippen MR) is 76.7 cm³/mol. The Morgan fingerprint density at radius 1 is 1.25 bits per heavy atom. The highest BCUT2D eigenvalue weighted by atomic mass is 16.2. The molecule has 0 unspecified atom stereocenters. The molecule has 0 bridgehead atoms. The van der Waals surface area contributed by atoms with Gasteiger partial charge in [-0.05, 0) is 24.6 Å². The topological polar surface area (TPSA) is 76.0 Å². The summed E-state index contributed by atoms with van der Waals surface area (Å²) < 4.78 is 1.34. The van der Waals surface area contributed by atoms with Crippen molar-refractivity contribution in [3.8, 4) is 0 Å². The van der Waals surface area contributed by atoms with Crippen LogP contribution in [0.5, 0.6) is 0 Å². The lowest BCUT2D eigenvalue weighted by atomic mass is 10.1. The van der Waals surface area contributed by atoms with E-state index in [1.807, 2.05) is 6.92 Å². The van der Waals surface area contributed by atoms with Crippen LogP contribution in [0, 0.1) is 6.92 Å². The second-order valence-electron chi connectivity index (χ2n) is 4.28. The number of benzene rings is 1. The third-order valence-corrected chi connectivity index (χ3v) is 2.91. The molecule has 6 nitrogen and oxygen atoms in total. The lowest BCUT2D eigenvalue weighted by molar-refractivity contribution is -0.115. The number of rotatable bonds is 3. The zero-order chi connectivity index (χ0) is 14.5. The average Bonchev–Trinajstić information content (AvgIpc) is 2.97. The molecule has 0 fully saturated rings. The number of nitrogens with one attached hydrogen (secondary N) is 2. The van der Waals surface area contributed by atoms with Crippen LogP contribution in [0.3, 0.4) is 0 Å². The number of carbonyl (C=O) groups excluding carboxylic acids is 2. The van der Waals surface area contributed by atoms with E-state index in [1.54, 1.807) is 31.3 Å². The molecule has 2 amide bonds. The number of imidazole rings is 1. The minimum atomic E-state index is -0.301. The van der Waals surface area contributed by atoms with E-state index in [1.165, 1.54) is 17.1 Å². The van der Waals surface area contributed by atoms with Crippen LogP contribution in [0.1, 0.15) is 18.9 Å². The Kier molecular flexibility index (Phi) is 4.14. The highest BCUT2D eigenvalue weighted by Crippen LogP contribution is 2.23. The third-order valence-electron chi connectivity index (χ3n) is 2.91. The number of carbonyl (C=O) groups is 2. The number of amides is 2. The van der Waals surface area contributed by atoms with Crippen LogP contribution in [-0.2, 0) is 4.79 Å². The van der Waals surface area contributed by atoms with Crippen LogP contribution >= 0.6 is 0 Å². The van der Waals surface area contributed by atoms with Crippen molar-refractivity contribution >= 4 is 23.3 Å². The first-order valence-corrected chi connectivity index (χ1v) is 6.30. The van der Waals surface area contributed by atoms with Gasteiger partial charge in [-0.3, -0.25) is 9.36 Å². The fourth-order valence-corrected chi connectivity index (χ4v) is 1.70. The van der Waals surface area contributed by atoms with Gasteiger partial charge in [-0.2, -0.15) is 0 Å². The Labute approximate surface area is 116 Å². The van der Waals surface area contributed by atoms with Crippen molar-refractivity contribution in [3.63, 3.8) is 0 Å². The van der Waals surface area contributed by atoms with Crippen molar-refractivity contribution in [3.05, 3.63) is 42.5 Å². The molecule has 0 saturated carbocycles. The van der Waals surface area contributed by atoms with Crippen LogP contribution in [0.15, 0.2) is 36.9 Å². The first-order chi connectivity index (χ1) is 9.61. The van der Waals surface area contributed by atoms with E-state index in [4.69, 9.17) is 0 Å². The van der Waals surface area contributed by atoms with Crippen molar-refractivity contribution in [2.75, 3.05) is 10.6 Å². The molecule has 0 aliphatic heterocycles. The van der Waals surface area contributed by atoms with Crippen molar-refractivity contribution in [1.29, 1.82) is 0 Å². The fourth-order valence-electron chi connectivity index (χ4n) is 1.70. The lowest BCUT2D eigenvalue weighted by Crippen LogP contribution is -2.19. The number of aromatic nitrogens is 2. The molecule has 2 rings (SSSR count). The summed E-state index contributed by atoms with van der Waals surface area (Å²) in [6.45, 7) is 3.63. The highest BCUT2D eigenvalue weighted by molar-refractivity contribution is 5.95. The molecular formula is C14H16N4O2. The van der Waals surface area contributed by atoms with E-state index < -0.39 is 0 Å². The van der Waals surface area contributed by atoms with Gasteiger partial charge in [0.1, 0.15) is 6.33 Å². The monoisotopic (exact) mass is 272 g/mol. The van der Waals surface area contributed by atoms with Gasteiger partial charge in [0.2, 0.25) is 5.91 Å². The quantitative estimate of drug-likeness (QED) is 0.901. The van der Waals surface area contributed by atoms with Gasteiger partial charge in [0.05, 0.1) is 0 Å². The Morgan fingerprint density at radius 2 is 1.95 bits per heavy atom. The third kappa shape index (κ3) is 3.03. The van der Waals surface area contributed by atoms with Crippen LogP contribution < -0.4 is 10.6 Å². The molecule has 1 heterocycles. The van der Waals surface area contributed by atoms with E-state index in [0.717, 1.165) is 5.56 Å². The summed E-state index contributed by atoms with van der Waals surface area (Å²) in [4.78, 5) is 27.2. The molecule has 1 aromatic heterocycles. The average molecular weight is 272 g/mol. The van der Waals surface area contributed by atoms with Crippen LogP contribution in [-0.4, -0.2) is 21.5 Å². The first kappa shape index (κ1) is 13.8. The van der Waals surface area contributed by atoms with Crippen molar-refractivity contribution in [1.82, 2.24) is 9.55 Å². The standard InChI is InChI=1S/C14H16N4O2/c1-3-13(19)16-11-5-4-6-12(10(11)2)17-14(20)18-8-7-15-9-18/h4-9H,3H2,1-2H3,(H,16,19)(H,17,20). The van der Waals surface area contributed by atoms with E-state index in [-0.39, 0.29) is 11.9 Å². The molecule has 0 atom stereocenters. The summed E-state index contributed by atoms with van der Waals surface area (Å²) in [5, 5.41) is 5.58. The first-order valence-electron chi connectivity index (χ1n) is 6.30.